The first-order chi connectivity index (χ1) is 16.8. The maximum absolute atomic E-state index is 12.9. The van der Waals surface area contributed by atoms with Gasteiger partial charge in [0.1, 0.15) is 17.3 Å². The summed E-state index contributed by atoms with van der Waals surface area (Å²) >= 11 is 0. The number of carbonyl (C=O) groups is 2. The van der Waals surface area contributed by atoms with Crippen LogP contribution >= 0.6 is 0 Å². The lowest BCUT2D eigenvalue weighted by molar-refractivity contribution is -0.138. The highest BCUT2D eigenvalue weighted by Gasteiger charge is 2.33. The third-order valence-corrected chi connectivity index (χ3v) is 6.11. The largest absolute Gasteiger partial charge is 0.441 e. The third kappa shape index (κ3) is 4.90. The zero-order chi connectivity index (χ0) is 24.6. The summed E-state index contributed by atoms with van der Waals surface area (Å²) in [6.07, 6.45) is -3.21. The smallest absolute Gasteiger partial charge is 0.417 e. The van der Waals surface area contributed by atoms with Gasteiger partial charge in [-0.3, -0.25) is 19.4 Å². The highest BCUT2D eigenvalue weighted by atomic mass is 19.4. The first-order valence-electron chi connectivity index (χ1n) is 11.2. The zero-order valence-electron chi connectivity index (χ0n) is 18.7. The van der Waals surface area contributed by atoms with E-state index in [4.69, 9.17) is 4.42 Å². The summed E-state index contributed by atoms with van der Waals surface area (Å²) in [5.74, 6) is 1.04. The Bertz CT molecular complexity index is 1230. The van der Waals surface area contributed by atoms with E-state index in [1.807, 2.05) is 30.3 Å². The topological polar surface area (TPSA) is 82.8 Å². The van der Waals surface area contributed by atoms with E-state index in [2.05, 4.69) is 9.97 Å². The fourth-order valence-corrected chi connectivity index (χ4v) is 4.22. The molecule has 0 atom stereocenters. The molecule has 35 heavy (non-hydrogen) atoms. The van der Waals surface area contributed by atoms with Crippen LogP contribution in [0.15, 0.2) is 53.1 Å². The van der Waals surface area contributed by atoms with E-state index in [0.29, 0.717) is 31.9 Å². The predicted molar refractivity (Wildman–Crippen MR) is 119 cm³/mol. The summed E-state index contributed by atoms with van der Waals surface area (Å²) in [5, 5.41) is 0. The molecule has 2 aliphatic heterocycles. The Kier molecular flexibility index (Phi) is 6.01. The van der Waals surface area contributed by atoms with E-state index in [9.17, 15) is 22.8 Å². The van der Waals surface area contributed by atoms with Crippen LogP contribution in [-0.4, -0.2) is 64.3 Å². The van der Waals surface area contributed by atoms with E-state index < -0.39 is 11.7 Å². The van der Waals surface area contributed by atoms with Gasteiger partial charge in [0.05, 0.1) is 25.2 Å². The number of piperazine rings is 1. The number of carbonyl (C=O) groups excluding carboxylic acids is 2. The van der Waals surface area contributed by atoms with Crippen molar-refractivity contribution in [3.05, 3.63) is 65.7 Å². The summed E-state index contributed by atoms with van der Waals surface area (Å²) < 4.78 is 44.1. The van der Waals surface area contributed by atoms with Crippen LogP contribution in [0.25, 0.3) is 11.5 Å². The molecule has 0 radical (unpaired) electrons. The van der Waals surface area contributed by atoms with Gasteiger partial charge in [-0.1, -0.05) is 18.2 Å². The highest BCUT2D eigenvalue weighted by molar-refractivity contribution is 5.95. The van der Waals surface area contributed by atoms with Gasteiger partial charge in [-0.05, 0) is 24.3 Å². The van der Waals surface area contributed by atoms with Gasteiger partial charge in [-0.15, -0.1) is 0 Å². The van der Waals surface area contributed by atoms with Crippen molar-refractivity contribution in [2.45, 2.75) is 19.1 Å². The molecule has 0 unspecified atom stereocenters. The minimum absolute atomic E-state index is 0.0182. The van der Waals surface area contributed by atoms with Gasteiger partial charge in [-0.25, -0.2) is 9.97 Å². The number of amides is 2. The number of hydrogen-bond acceptors (Lipinski definition) is 6. The molecule has 0 saturated carbocycles. The molecule has 0 spiro atoms. The Morgan fingerprint density at radius 2 is 1.83 bits per heavy atom. The minimum atomic E-state index is -4.49. The lowest BCUT2D eigenvalue weighted by atomic mass is 10.1. The second-order valence-corrected chi connectivity index (χ2v) is 8.48. The average Bonchev–Trinajstić information content (AvgIpc) is 3.28. The zero-order valence-corrected chi connectivity index (χ0v) is 18.7. The fourth-order valence-electron chi connectivity index (χ4n) is 4.22. The molecule has 0 aliphatic carbocycles. The molecular formula is C24H22F3N5O3. The van der Waals surface area contributed by atoms with Crippen LogP contribution in [0.1, 0.15) is 17.0 Å². The van der Waals surface area contributed by atoms with Gasteiger partial charge >= 0.3 is 6.18 Å². The molecule has 2 aromatic heterocycles. The van der Waals surface area contributed by atoms with Crippen molar-refractivity contribution >= 4 is 17.6 Å². The van der Waals surface area contributed by atoms with E-state index in [1.165, 1.54) is 11.0 Å². The Balaban J connectivity index is 1.17. The summed E-state index contributed by atoms with van der Waals surface area (Å²) in [6.45, 7) is 1.53. The standard InChI is InChI=1S/C24H22F3N5O3/c25-24(26,27)17-6-7-20(28-12-17)32-11-10-30(15-22(32)34)14-21(33)31-9-8-19-18(13-31)29-23(35-19)16-4-2-1-3-5-16/h1-7,12H,8-11,13-15H2. The third-order valence-electron chi connectivity index (χ3n) is 6.11. The second-order valence-electron chi connectivity index (χ2n) is 8.48. The molecule has 2 aliphatic rings. The van der Waals surface area contributed by atoms with Crippen LogP contribution in [0, 0.1) is 0 Å². The first-order valence-corrected chi connectivity index (χ1v) is 11.2. The van der Waals surface area contributed by atoms with E-state index in [0.717, 1.165) is 29.3 Å². The molecule has 2 amide bonds. The molecule has 1 saturated heterocycles. The molecule has 182 valence electrons. The summed E-state index contributed by atoms with van der Waals surface area (Å²) in [6, 6.07) is 11.6. The summed E-state index contributed by atoms with van der Waals surface area (Å²) in [4.78, 5) is 38.7. The van der Waals surface area contributed by atoms with Crippen LogP contribution in [0.5, 0.6) is 0 Å². The van der Waals surface area contributed by atoms with Crippen molar-refractivity contribution in [1.29, 1.82) is 0 Å². The number of rotatable bonds is 4. The molecule has 0 N–H and O–H groups in total. The number of oxazole rings is 1. The normalized spacial score (nSPS) is 16.9. The minimum Gasteiger partial charge on any atom is -0.441 e. The maximum Gasteiger partial charge on any atom is 0.417 e. The van der Waals surface area contributed by atoms with Crippen LogP contribution in [0.3, 0.4) is 0 Å². The van der Waals surface area contributed by atoms with Gasteiger partial charge in [0.25, 0.3) is 0 Å². The number of halogens is 3. The van der Waals surface area contributed by atoms with E-state index in [-0.39, 0.29) is 37.3 Å². The van der Waals surface area contributed by atoms with Gasteiger partial charge in [0.2, 0.25) is 17.7 Å². The second kappa shape index (κ2) is 9.14. The van der Waals surface area contributed by atoms with Crippen LogP contribution in [0.2, 0.25) is 0 Å². The predicted octanol–water partition coefficient (Wildman–Crippen LogP) is 2.99. The highest BCUT2D eigenvalue weighted by Crippen LogP contribution is 2.30. The molecule has 1 fully saturated rings. The van der Waals surface area contributed by atoms with Crippen molar-refractivity contribution in [2.75, 3.05) is 37.6 Å². The Morgan fingerprint density at radius 3 is 2.51 bits per heavy atom. The number of nitrogens with zero attached hydrogens (tertiary/aromatic N) is 5. The number of benzene rings is 1. The monoisotopic (exact) mass is 485 g/mol. The molecule has 8 nitrogen and oxygen atoms in total. The quantitative estimate of drug-likeness (QED) is 0.565. The summed E-state index contributed by atoms with van der Waals surface area (Å²) in [5.41, 5.74) is 0.738. The number of hydrogen-bond donors (Lipinski definition) is 0. The van der Waals surface area contributed by atoms with Crippen molar-refractivity contribution in [2.24, 2.45) is 0 Å². The Morgan fingerprint density at radius 1 is 1.03 bits per heavy atom. The molecular weight excluding hydrogens is 463 g/mol. The lowest BCUT2D eigenvalue weighted by Gasteiger charge is -2.35. The van der Waals surface area contributed by atoms with Gasteiger partial charge in [0.15, 0.2) is 0 Å². The molecule has 1 aromatic carbocycles. The lowest BCUT2D eigenvalue weighted by Crippen LogP contribution is -2.53. The van der Waals surface area contributed by atoms with Crippen LogP contribution in [-0.2, 0) is 28.7 Å². The number of alkyl halides is 3. The molecule has 4 heterocycles. The molecule has 5 rings (SSSR count). The summed E-state index contributed by atoms with van der Waals surface area (Å²) in [7, 11) is 0. The average molecular weight is 485 g/mol. The van der Waals surface area contributed by atoms with E-state index >= 15 is 0 Å². The number of pyridine rings is 1. The van der Waals surface area contributed by atoms with Gasteiger partial charge in [0, 0.05) is 37.8 Å². The van der Waals surface area contributed by atoms with Gasteiger partial charge < -0.3 is 9.32 Å². The Labute approximate surface area is 199 Å². The SMILES string of the molecule is O=C(CN1CCN(c2ccc(C(F)(F)F)cn2)C(=O)C1)N1CCc2oc(-c3ccccc3)nc2C1. The first kappa shape index (κ1) is 23.0. The van der Waals surface area contributed by atoms with Gasteiger partial charge in [-0.2, -0.15) is 13.2 Å². The van der Waals surface area contributed by atoms with Crippen LogP contribution < -0.4 is 4.90 Å². The van der Waals surface area contributed by atoms with Crippen molar-refractivity contribution in [1.82, 2.24) is 19.8 Å². The fraction of sp³-hybridized carbons (Fsp3) is 0.333. The Hall–Kier alpha value is -3.73. The molecule has 0 bridgehead atoms. The molecule has 11 heteroatoms. The van der Waals surface area contributed by atoms with Crippen LogP contribution in [0.4, 0.5) is 19.0 Å². The maximum atomic E-state index is 12.9. The van der Waals surface area contributed by atoms with Crippen molar-refractivity contribution < 1.29 is 27.2 Å². The number of aromatic nitrogens is 2. The number of anilines is 1. The van der Waals surface area contributed by atoms with Crippen molar-refractivity contribution in [3.63, 3.8) is 0 Å². The molecule has 3 aromatic rings. The van der Waals surface area contributed by atoms with Crippen molar-refractivity contribution in [3.8, 4) is 11.5 Å². The number of fused-ring (bicyclic) bond motifs is 1. The van der Waals surface area contributed by atoms with E-state index in [1.54, 1.807) is 9.80 Å².